The fraction of sp³-hybridized carbons (Fsp3) is 0.600. The minimum absolute atomic E-state index is 0. The Hall–Kier alpha value is -0.277. The summed E-state index contributed by atoms with van der Waals surface area (Å²) in [6.07, 6.45) is 2.18. The molecule has 19 heavy (non-hydrogen) atoms. The van der Waals surface area contributed by atoms with Crippen LogP contribution in [0.25, 0.3) is 0 Å². The summed E-state index contributed by atoms with van der Waals surface area (Å²) in [5.74, 6) is 0. The molecule has 2 rings (SSSR count). The van der Waals surface area contributed by atoms with Crippen LogP contribution in [0.15, 0.2) is 30.3 Å². The van der Waals surface area contributed by atoms with Crippen LogP contribution in [-0.2, 0) is 19.5 Å². The van der Waals surface area contributed by atoms with Gasteiger partial charge in [0.2, 0.25) is 0 Å². The second-order valence-corrected chi connectivity index (χ2v) is 4.66. The third-order valence-electron chi connectivity index (χ3n) is 3.31. The van der Waals surface area contributed by atoms with Crippen molar-refractivity contribution in [2.45, 2.75) is 38.8 Å². The molecule has 1 saturated heterocycles. The molecule has 2 N–H and O–H groups in total. The summed E-state index contributed by atoms with van der Waals surface area (Å²) in [5, 5.41) is 17.8. The van der Waals surface area contributed by atoms with E-state index in [0.29, 0.717) is 0 Å². The molecule has 1 aliphatic rings. The third-order valence-corrected chi connectivity index (χ3v) is 3.31. The first-order valence-electron chi connectivity index (χ1n) is 6.78. The molecule has 1 fully saturated rings. The van der Waals surface area contributed by atoms with Gasteiger partial charge in [0.15, 0.2) is 0 Å². The molecule has 1 aliphatic heterocycles. The SMILES string of the molecule is CC(C(O)c1ccccc1)N1CCCC1.CCO.[Zn]. The molecule has 104 valence electrons. The second-order valence-electron chi connectivity index (χ2n) is 4.66. The molecule has 0 radical (unpaired) electrons. The van der Waals surface area contributed by atoms with Gasteiger partial charge in [0.25, 0.3) is 0 Å². The van der Waals surface area contributed by atoms with Gasteiger partial charge >= 0.3 is 0 Å². The number of aliphatic hydroxyl groups is 2. The van der Waals surface area contributed by atoms with E-state index in [1.54, 1.807) is 6.92 Å². The first-order valence-corrected chi connectivity index (χ1v) is 6.78. The van der Waals surface area contributed by atoms with Gasteiger partial charge in [0.05, 0.1) is 6.10 Å². The number of likely N-dealkylation sites (tertiary alicyclic amines) is 1. The van der Waals surface area contributed by atoms with E-state index in [4.69, 9.17) is 5.11 Å². The maximum absolute atomic E-state index is 10.2. The maximum atomic E-state index is 10.2. The number of hydrogen-bond donors (Lipinski definition) is 2. The van der Waals surface area contributed by atoms with Crippen molar-refractivity contribution in [3.63, 3.8) is 0 Å². The van der Waals surface area contributed by atoms with Crippen molar-refractivity contribution >= 4 is 0 Å². The second kappa shape index (κ2) is 10.5. The molecule has 0 saturated carbocycles. The van der Waals surface area contributed by atoms with Gasteiger partial charge in [-0.1, -0.05) is 30.3 Å². The van der Waals surface area contributed by atoms with Gasteiger partial charge in [-0.3, -0.25) is 4.90 Å². The van der Waals surface area contributed by atoms with E-state index in [-0.39, 0.29) is 38.2 Å². The molecular formula is C15H25NO2Zn. The summed E-state index contributed by atoms with van der Waals surface area (Å²) in [7, 11) is 0. The van der Waals surface area contributed by atoms with Crippen molar-refractivity contribution in [1.29, 1.82) is 0 Å². The Balaban J connectivity index is 0.000000742. The van der Waals surface area contributed by atoms with Crippen molar-refractivity contribution in [3.8, 4) is 0 Å². The number of rotatable bonds is 3. The monoisotopic (exact) mass is 315 g/mol. The van der Waals surface area contributed by atoms with Crippen LogP contribution in [-0.4, -0.2) is 40.9 Å². The Morgan fingerprint density at radius 2 is 1.63 bits per heavy atom. The quantitative estimate of drug-likeness (QED) is 0.840. The summed E-state index contributed by atoms with van der Waals surface area (Å²) < 4.78 is 0. The minimum Gasteiger partial charge on any atom is -0.397 e. The summed E-state index contributed by atoms with van der Waals surface area (Å²) in [5.41, 5.74) is 1.02. The van der Waals surface area contributed by atoms with E-state index in [2.05, 4.69) is 11.8 Å². The van der Waals surface area contributed by atoms with Crippen LogP contribution in [0.5, 0.6) is 0 Å². The molecule has 4 heteroatoms. The van der Waals surface area contributed by atoms with Crippen molar-refractivity contribution in [1.82, 2.24) is 4.90 Å². The molecule has 0 aromatic heterocycles. The molecule has 2 atom stereocenters. The standard InChI is InChI=1S/C13H19NO.C2H6O.Zn/c1-11(14-9-5-6-10-14)13(15)12-7-3-2-4-8-12;1-2-3;/h2-4,7-8,11,13,15H,5-6,9-10H2,1H3;3H,2H2,1H3;. The normalized spacial score (nSPS) is 17.9. The van der Waals surface area contributed by atoms with Gasteiger partial charge in [-0.2, -0.15) is 0 Å². The Morgan fingerprint density at radius 1 is 1.16 bits per heavy atom. The summed E-state index contributed by atoms with van der Waals surface area (Å²) in [4.78, 5) is 2.37. The van der Waals surface area contributed by atoms with Gasteiger partial charge in [-0.25, -0.2) is 0 Å². The van der Waals surface area contributed by atoms with Gasteiger partial charge in [0.1, 0.15) is 0 Å². The zero-order chi connectivity index (χ0) is 13.4. The molecule has 3 nitrogen and oxygen atoms in total. The van der Waals surface area contributed by atoms with E-state index in [1.165, 1.54) is 12.8 Å². The van der Waals surface area contributed by atoms with Crippen LogP contribution in [0, 0.1) is 0 Å². The Bertz CT molecular complexity index is 315. The van der Waals surface area contributed by atoms with Gasteiger partial charge in [-0.05, 0) is 45.3 Å². The molecule has 1 aromatic rings. The molecule has 0 amide bonds. The summed E-state index contributed by atoms with van der Waals surface area (Å²) in [6, 6.07) is 10.2. The fourth-order valence-corrected chi connectivity index (χ4v) is 2.28. The predicted molar refractivity (Wildman–Crippen MR) is 74.4 cm³/mol. The average Bonchev–Trinajstić information content (AvgIpc) is 2.93. The van der Waals surface area contributed by atoms with Gasteiger partial charge in [-0.15, -0.1) is 0 Å². The summed E-state index contributed by atoms with van der Waals surface area (Å²) in [6.45, 7) is 6.30. The van der Waals surface area contributed by atoms with E-state index >= 15 is 0 Å². The van der Waals surface area contributed by atoms with Crippen LogP contribution >= 0.6 is 0 Å². The number of nitrogens with zero attached hydrogens (tertiary/aromatic N) is 1. The first kappa shape index (κ1) is 18.7. The molecule has 1 heterocycles. The van der Waals surface area contributed by atoms with E-state index < -0.39 is 0 Å². The average molecular weight is 317 g/mol. The Kier molecular flexibility index (Phi) is 10.4. The number of benzene rings is 1. The molecule has 1 aromatic carbocycles. The van der Waals surface area contributed by atoms with Gasteiger partial charge < -0.3 is 10.2 Å². The van der Waals surface area contributed by atoms with Crippen molar-refractivity contribution < 1.29 is 29.7 Å². The van der Waals surface area contributed by atoms with Crippen LogP contribution in [0.2, 0.25) is 0 Å². The minimum atomic E-state index is -0.357. The molecule has 0 aliphatic carbocycles. The first-order chi connectivity index (χ1) is 8.70. The zero-order valence-electron chi connectivity index (χ0n) is 12.1. The molecule has 2 unspecified atom stereocenters. The van der Waals surface area contributed by atoms with E-state index in [1.807, 2.05) is 30.3 Å². The number of hydrogen-bond acceptors (Lipinski definition) is 3. The van der Waals surface area contributed by atoms with E-state index in [0.717, 1.165) is 18.7 Å². The smallest absolute Gasteiger partial charge is 0.0942 e. The summed E-state index contributed by atoms with van der Waals surface area (Å²) >= 11 is 0. The van der Waals surface area contributed by atoms with Gasteiger partial charge in [0, 0.05) is 32.1 Å². The molecule has 0 spiro atoms. The predicted octanol–water partition coefficient (Wildman–Crippen LogP) is 2.20. The molecular weight excluding hydrogens is 292 g/mol. The Morgan fingerprint density at radius 3 is 2.11 bits per heavy atom. The zero-order valence-corrected chi connectivity index (χ0v) is 15.1. The Labute approximate surface area is 129 Å². The van der Waals surface area contributed by atoms with Crippen LogP contribution in [0.1, 0.15) is 38.4 Å². The maximum Gasteiger partial charge on any atom is 0.0942 e. The van der Waals surface area contributed by atoms with Crippen molar-refractivity contribution in [2.24, 2.45) is 0 Å². The van der Waals surface area contributed by atoms with E-state index in [9.17, 15) is 5.11 Å². The van der Waals surface area contributed by atoms with Crippen molar-refractivity contribution in [2.75, 3.05) is 19.7 Å². The fourth-order valence-electron chi connectivity index (χ4n) is 2.28. The van der Waals surface area contributed by atoms with Crippen LogP contribution in [0.4, 0.5) is 0 Å². The molecule has 0 bridgehead atoms. The largest absolute Gasteiger partial charge is 0.397 e. The van der Waals surface area contributed by atoms with Crippen LogP contribution in [0.3, 0.4) is 0 Å². The third kappa shape index (κ3) is 6.14. The topological polar surface area (TPSA) is 43.7 Å². The van der Waals surface area contributed by atoms with Crippen LogP contribution < -0.4 is 0 Å². The number of aliphatic hydroxyl groups excluding tert-OH is 2. The van der Waals surface area contributed by atoms with Crippen molar-refractivity contribution in [3.05, 3.63) is 35.9 Å².